The number of carbonyl (C=O) groups is 4. The van der Waals surface area contributed by atoms with Crippen molar-refractivity contribution < 1.29 is 28.7 Å². The Labute approximate surface area is 225 Å². The van der Waals surface area contributed by atoms with Gasteiger partial charge in [0.25, 0.3) is 11.8 Å². The molecular weight excluding hydrogens is 506 g/mol. The van der Waals surface area contributed by atoms with Crippen molar-refractivity contribution in [1.29, 1.82) is 0 Å². The molecule has 0 saturated heterocycles. The van der Waals surface area contributed by atoms with E-state index in [1.807, 2.05) is 13.8 Å². The molecule has 39 heavy (non-hydrogen) atoms. The van der Waals surface area contributed by atoms with Crippen LogP contribution >= 0.6 is 0 Å². The Balaban J connectivity index is 1.86. The first-order valence-corrected chi connectivity index (χ1v) is 12.5. The van der Waals surface area contributed by atoms with Crippen molar-refractivity contribution >= 4 is 40.9 Å². The number of hydrogen-bond donors (Lipinski definition) is 3. The van der Waals surface area contributed by atoms with Crippen LogP contribution in [0.25, 0.3) is 5.52 Å². The van der Waals surface area contributed by atoms with E-state index in [1.54, 1.807) is 42.8 Å². The summed E-state index contributed by atoms with van der Waals surface area (Å²) in [6, 6.07) is 4.06. The Morgan fingerprint density at radius 2 is 1.90 bits per heavy atom. The van der Waals surface area contributed by atoms with Crippen molar-refractivity contribution in [2.45, 2.75) is 47.1 Å². The molecule has 3 rings (SSSR count). The number of benzene rings is 1. The van der Waals surface area contributed by atoms with Crippen molar-refractivity contribution in [2.75, 3.05) is 25.2 Å². The lowest BCUT2D eigenvalue weighted by atomic mass is 10.1. The van der Waals surface area contributed by atoms with Crippen LogP contribution in [0.4, 0.5) is 16.3 Å². The molecule has 1 atom stereocenters. The first kappa shape index (κ1) is 29.0. The number of nitrogens with two attached hydrogens (primary N) is 1. The van der Waals surface area contributed by atoms with Crippen molar-refractivity contribution in [2.24, 2.45) is 5.73 Å². The molecule has 13 nitrogen and oxygen atoms in total. The highest BCUT2D eigenvalue weighted by Crippen LogP contribution is 2.28. The number of nitrogens with zero attached hydrogens (tertiary/aromatic N) is 4. The molecule has 0 saturated carbocycles. The number of aryl methyl sites for hydroxylation is 2. The van der Waals surface area contributed by atoms with Gasteiger partial charge in [0.15, 0.2) is 5.82 Å². The van der Waals surface area contributed by atoms with Gasteiger partial charge in [-0.2, -0.15) is 5.10 Å². The van der Waals surface area contributed by atoms with Gasteiger partial charge in [-0.05, 0) is 57.4 Å². The Kier molecular flexibility index (Phi) is 9.55. The second-order valence-corrected chi connectivity index (χ2v) is 8.82. The lowest BCUT2D eigenvalue weighted by Crippen LogP contribution is -2.39. The van der Waals surface area contributed by atoms with Gasteiger partial charge >= 0.3 is 12.1 Å². The zero-order valence-corrected chi connectivity index (χ0v) is 22.6. The van der Waals surface area contributed by atoms with Crippen LogP contribution in [0.1, 0.15) is 59.0 Å². The molecule has 0 bridgehead atoms. The van der Waals surface area contributed by atoms with Crippen LogP contribution in [0, 0.1) is 13.8 Å². The summed E-state index contributed by atoms with van der Waals surface area (Å²) < 4.78 is 11.3. The molecule has 3 amide bonds. The minimum atomic E-state index is -0.950. The first-order valence-electron chi connectivity index (χ1n) is 12.5. The number of carbonyl (C=O) groups excluding carboxylic acids is 4. The Bertz CT molecular complexity index is 1380. The number of hydrogen-bond acceptors (Lipinski definition) is 10. The monoisotopic (exact) mass is 539 g/mol. The van der Waals surface area contributed by atoms with Gasteiger partial charge in [0.05, 0.1) is 5.56 Å². The largest absolute Gasteiger partial charge is 0.427 e. The molecule has 0 spiro atoms. The fraction of sp³-hybridized carbons (Fsp3) is 0.385. The third-order valence-electron chi connectivity index (χ3n) is 5.81. The average Bonchev–Trinajstić information content (AvgIpc) is 3.25. The van der Waals surface area contributed by atoms with E-state index < -0.39 is 30.8 Å². The number of anilines is 2. The third kappa shape index (κ3) is 6.68. The van der Waals surface area contributed by atoms with Crippen molar-refractivity contribution in [1.82, 2.24) is 24.8 Å². The highest BCUT2D eigenvalue weighted by atomic mass is 16.7. The Hall–Kier alpha value is -4.52. The van der Waals surface area contributed by atoms with Crippen LogP contribution in [0.15, 0.2) is 30.7 Å². The minimum Gasteiger partial charge on any atom is -0.427 e. The Morgan fingerprint density at radius 1 is 1.15 bits per heavy atom. The third-order valence-corrected chi connectivity index (χ3v) is 5.81. The summed E-state index contributed by atoms with van der Waals surface area (Å²) in [7, 11) is 0. The molecule has 4 N–H and O–H groups in total. The molecule has 1 unspecified atom stereocenters. The van der Waals surface area contributed by atoms with E-state index in [0.717, 1.165) is 10.5 Å². The quantitative estimate of drug-likeness (QED) is 0.257. The van der Waals surface area contributed by atoms with Gasteiger partial charge in [-0.25, -0.2) is 19.2 Å². The highest BCUT2D eigenvalue weighted by Gasteiger charge is 2.25. The van der Waals surface area contributed by atoms with Crippen LogP contribution < -0.4 is 16.4 Å². The van der Waals surface area contributed by atoms with Crippen LogP contribution in [-0.2, 0) is 14.3 Å². The fourth-order valence-electron chi connectivity index (χ4n) is 3.76. The number of amides is 3. The SMILES string of the molecule is CCCN(C(=O)OCOC(=O)C(C)N)C(=O)c1ccc(C)c(Nc2ncnn3cc(C(=O)NCC)c(C)c23)c1. The molecule has 2 aromatic heterocycles. The van der Waals surface area contributed by atoms with Crippen LogP contribution in [-0.4, -0.2) is 69.3 Å². The topological polar surface area (TPSA) is 170 Å². The summed E-state index contributed by atoms with van der Waals surface area (Å²) in [6.45, 7) is 8.66. The predicted octanol–water partition coefficient (Wildman–Crippen LogP) is 2.68. The number of esters is 1. The number of aromatic nitrogens is 3. The second kappa shape index (κ2) is 12.8. The smallest absolute Gasteiger partial charge is 0.419 e. The number of fused-ring (bicyclic) bond motifs is 1. The molecule has 208 valence electrons. The van der Waals surface area contributed by atoms with E-state index in [2.05, 4.69) is 20.7 Å². The molecule has 2 heterocycles. The molecular formula is C26H33N7O6. The van der Waals surface area contributed by atoms with Gasteiger partial charge in [0.2, 0.25) is 6.79 Å². The fourth-order valence-corrected chi connectivity index (χ4v) is 3.76. The minimum absolute atomic E-state index is 0.0913. The van der Waals surface area contributed by atoms with E-state index in [-0.39, 0.29) is 18.0 Å². The second-order valence-electron chi connectivity index (χ2n) is 8.82. The summed E-state index contributed by atoms with van der Waals surface area (Å²) in [5.74, 6) is -1.11. The molecule has 0 aliphatic rings. The number of nitrogens with one attached hydrogen (secondary N) is 2. The van der Waals surface area contributed by atoms with Gasteiger partial charge in [0.1, 0.15) is 17.9 Å². The summed E-state index contributed by atoms with van der Waals surface area (Å²) >= 11 is 0. The van der Waals surface area contributed by atoms with Crippen molar-refractivity contribution in [3.8, 4) is 0 Å². The molecule has 0 aliphatic carbocycles. The summed E-state index contributed by atoms with van der Waals surface area (Å²) in [5.41, 5.74) is 8.79. The zero-order chi connectivity index (χ0) is 28.7. The Morgan fingerprint density at radius 3 is 2.56 bits per heavy atom. The standard InChI is InChI=1S/C26H33N7O6/c1-6-10-32(26(37)39-14-38-25(36)17(5)27)24(35)18-9-8-15(3)20(11-18)31-22-21-16(4)19(23(34)28-7-2)12-33(21)30-13-29-22/h8-9,11-13,17H,6-7,10,14,27H2,1-5H3,(H,28,34)(H,29,30,31). The van der Waals surface area contributed by atoms with E-state index in [1.165, 1.54) is 13.3 Å². The highest BCUT2D eigenvalue weighted by molar-refractivity contribution is 6.04. The number of rotatable bonds is 10. The van der Waals surface area contributed by atoms with Crippen LogP contribution in [0.3, 0.4) is 0 Å². The van der Waals surface area contributed by atoms with E-state index in [0.29, 0.717) is 41.1 Å². The van der Waals surface area contributed by atoms with Crippen LogP contribution in [0.2, 0.25) is 0 Å². The van der Waals surface area contributed by atoms with Gasteiger partial charge in [-0.1, -0.05) is 13.0 Å². The summed E-state index contributed by atoms with van der Waals surface area (Å²) in [4.78, 5) is 55.2. The maximum atomic E-state index is 13.3. The molecule has 13 heteroatoms. The van der Waals surface area contributed by atoms with Gasteiger partial charge < -0.3 is 25.8 Å². The van der Waals surface area contributed by atoms with E-state index in [4.69, 9.17) is 15.2 Å². The average molecular weight is 540 g/mol. The van der Waals surface area contributed by atoms with Gasteiger partial charge in [-0.15, -0.1) is 0 Å². The van der Waals surface area contributed by atoms with Gasteiger partial charge in [0, 0.05) is 30.5 Å². The predicted molar refractivity (Wildman–Crippen MR) is 143 cm³/mol. The first-order chi connectivity index (χ1) is 18.6. The molecule has 3 aromatic rings. The van der Waals surface area contributed by atoms with E-state index in [9.17, 15) is 19.2 Å². The normalized spacial score (nSPS) is 11.5. The lowest BCUT2D eigenvalue weighted by Gasteiger charge is -2.20. The molecule has 0 aliphatic heterocycles. The summed E-state index contributed by atoms with van der Waals surface area (Å²) in [5, 5.41) is 10.2. The zero-order valence-electron chi connectivity index (χ0n) is 22.6. The maximum Gasteiger partial charge on any atom is 0.419 e. The van der Waals surface area contributed by atoms with Crippen molar-refractivity contribution in [3.63, 3.8) is 0 Å². The summed E-state index contributed by atoms with van der Waals surface area (Å²) in [6.07, 6.45) is 2.53. The molecule has 0 fully saturated rings. The molecule has 1 aromatic carbocycles. The molecule has 0 radical (unpaired) electrons. The van der Waals surface area contributed by atoms with E-state index >= 15 is 0 Å². The van der Waals surface area contributed by atoms with Gasteiger partial charge in [-0.3, -0.25) is 14.4 Å². The number of imide groups is 1. The van der Waals surface area contributed by atoms with Crippen molar-refractivity contribution in [3.05, 3.63) is 53.0 Å². The number of ether oxygens (including phenoxy) is 2. The van der Waals surface area contributed by atoms with Crippen LogP contribution in [0.5, 0.6) is 0 Å². The maximum absolute atomic E-state index is 13.3. The lowest BCUT2D eigenvalue weighted by molar-refractivity contribution is -0.153.